The lowest BCUT2D eigenvalue weighted by Crippen LogP contribution is -2.32. The van der Waals surface area contributed by atoms with Gasteiger partial charge < -0.3 is 20.7 Å². The lowest BCUT2D eigenvalue weighted by atomic mass is 10.2. The Balaban J connectivity index is 1.35. The molecular weight excluding hydrogens is 474 g/mol. The van der Waals surface area contributed by atoms with Gasteiger partial charge >= 0.3 is 6.09 Å². The van der Waals surface area contributed by atoms with Gasteiger partial charge in [0.25, 0.3) is 0 Å². The molecule has 2 heterocycles. The third kappa shape index (κ3) is 6.19. The van der Waals surface area contributed by atoms with Crippen molar-refractivity contribution >= 4 is 45.3 Å². The van der Waals surface area contributed by atoms with Crippen molar-refractivity contribution in [2.75, 3.05) is 10.6 Å². The van der Waals surface area contributed by atoms with E-state index in [4.69, 9.17) is 4.74 Å². The molecule has 4 rings (SSSR count). The van der Waals surface area contributed by atoms with Gasteiger partial charge in [-0.1, -0.05) is 12.1 Å². The van der Waals surface area contributed by atoms with E-state index in [1.165, 1.54) is 12.8 Å². The van der Waals surface area contributed by atoms with Crippen molar-refractivity contribution in [1.82, 2.24) is 25.5 Å². The lowest BCUT2D eigenvalue weighted by Gasteiger charge is -2.19. The van der Waals surface area contributed by atoms with E-state index < -0.39 is 11.7 Å². The summed E-state index contributed by atoms with van der Waals surface area (Å²) in [5.74, 6) is 2.40. The summed E-state index contributed by atoms with van der Waals surface area (Å²) in [6.07, 6.45) is 3.67. The zero-order valence-corrected chi connectivity index (χ0v) is 19.8. The van der Waals surface area contributed by atoms with Gasteiger partial charge in [-0.2, -0.15) is 10.1 Å². The van der Waals surface area contributed by atoms with Crippen molar-refractivity contribution < 1.29 is 9.53 Å². The second-order valence-corrected chi connectivity index (χ2v) is 9.53. The first kappa shape index (κ1) is 22.1. The standard InChI is InChI=1S/C22H26BrN7O2/c1-22(2,3)32-21(31)25-11-13-4-8-15(9-5-13)26-20-24-12-16(23)19(28-20)27-18-10-17(29-30-18)14-6-7-14/h4-5,8-10,12,14H,6-7,11H2,1-3H3,(H,25,31)(H3,24,26,27,28,29,30). The van der Waals surface area contributed by atoms with Crippen LogP contribution in [0, 0.1) is 0 Å². The number of halogens is 1. The molecule has 0 bridgehead atoms. The van der Waals surface area contributed by atoms with Crippen molar-refractivity contribution in [2.24, 2.45) is 0 Å². The van der Waals surface area contributed by atoms with E-state index >= 15 is 0 Å². The number of aromatic amines is 1. The van der Waals surface area contributed by atoms with E-state index in [2.05, 4.69) is 52.0 Å². The Morgan fingerprint density at radius 2 is 1.97 bits per heavy atom. The average molecular weight is 500 g/mol. The maximum Gasteiger partial charge on any atom is 0.407 e. The molecule has 0 spiro atoms. The number of carbonyl (C=O) groups is 1. The number of anilines is 4. The minimum absolute atomic E-state index is 0.380. The summed E-state index contributed by atoms with van der Waals surface area (Å²) < 4.78 is 5.98. The average Bonchev–Trinajstić information content (AvgIpc) is 3.48. The van der Waals surface area contributed by atoms with Crippen LogP contribution >= 0.6 is 15.9 Å². The highest BCUT2D eigenvalue weighted by Crippen LogP contribution is 2.39. The van der Waals surface area contributed by atoms with Crippen LogP contribution in [0.15, 0.2) is 41.0 Å². The highest BCUT2D eigenvalue weighted by atomic mass is 79.9. The fraction of sp³-hybridized carbons (Fsp3) is 0.364. The number of H-pyrrole nitrogens is 1. The fourth-order valence-corrected chi connectivity index (χ4v) is 3.25. The number of ether oxygens (including phenoxy) is 1. The van der Waals surface area contributed by atoms with Gasteiger partial charge in [0.1, 0.15) is 5.60 Å². The maximum atomic E-state index is 11.8. The summed E-state index contributed by atoms with van der Waals surface area (Å²) in [5, 5.41) is 16.5. The first-order valence-electron chi connectivity index (χ1n) is 10.4. The van der Waals surface area contributed by atoms with Gasteiger partial charge in [0.05, 0.1) is 4.47 Å². The molecule has 3 aromatic rings. The highest BCUT2D eigenvalue weighted by Gasteiger charge is 2.25. The number of rotatable bonds is 7. The number of carbonyl (C=O) groups excluding carboxylic acids is 1. The Labute approximate surface area is 194 Å². The topological polar surface area (TPSA) is 117 Å². The molecule has 0 aliphatic heterocycles. The Hall–Kier alpha value is -3.14. The molecule has 0 saturated heterocycles. The molecule has 168 valence electrons. The van der Waals surface area contributed by atoms with Crippen LogP contribution in [0.5, 0.6) is 0 Å². The summed E-state index contributed by atoms with van der Waals surface area (Å²) in [5.41, 5.74) is 2.41. The van der Waals surface area contributed by atoms with Crippen molar-refractivity contribution in [1.29, 1.82) is 0 Å². The minimum Gasteiger partial charge on any atom is -0.444 e. The third-order valence-electron chi connectivity index (χ3n) is 4.65. The number of aromatic nitrogens is 4. The van der Waals surface area contributed by atoms with E-state index in [1.807, 2.05) is 51.1 Å². The zero-order chi connectivity index (χ0) is 22.7. The predicted octanol–water partition coefficient (Wildman–Crippen LogP) is 5.35. The third-order valence-corrected chi connectivity index (χ3v) is 5.23. The van der Waals surface area contributed by atoms with Crippen molar-refractivity contribution in [3.8, 4) is 0 Å². The molecule has 0 unspecified atom stereocenters. The van der Waals surface area contributed by atoms with Gasteiger partial charge in [-0.05, 0) is 67.2 Å². The molecule has 1 aliphatic carbocycles. The molecule has 9 nitrogen and oxygen atoms in total. The van der Waals surface area contributed by atoms with Crippen LogP contribution in [0.1, 0.15) is 50.8 Å². The van der Waals surface area contributed by atoms with E-state index in [0.717, 1.165) is 27.2 Å². The van der Waals surface area contributed by atoms with E-state index in [1.54, 1.807) is 6.20 Å². The van der Waals surface area contributed by atoms with Crippen LogP contribution < -0.4 is 16.0 Å². The second kappa shape index (κ2) is 9.15. The van der Waals surface area contributed by atoms with E-state index in [0.29, 0.717) is 24.2 Å². The zero-order valence-electron chi connectivity index (χ0n) is 18.2. The van der Waals surface area contributed by atoms with Crippen molar-refractivity contribution in [3.05, 3.63) is 52.3 Å². The Morgan fingerprint density at radius 1 is 1.22 bits per heavy atom. The molecule has 10 heteroatoms. The first-order chi connectivity index (χ1) is 15.2. The van der Waals surface area contributed by atoms with Gasteiger partial charge in [-0.15, -0.1) is 0 Å². The van der Waals surface area contributed by atoms with Crippen LogP contribution in [0.2, 0.25) is 0 Å². The summed E-state index contributed by atoms with van der Waals surface area (Å²) in [7, 11) is 0. The molecule has 0 radical (unpaired) electrons. The molecule has 0 atom stereocenters. The number of hydrogen-bond acceptors (Lipinski definition) is 7. The SMILES string of the molecule is CC(C)(C)OC(=O)NCc1ccc(Nc2ncc(Br)c(Nc3cc(C4CC4)[nH]n3)n2)cc1. The lowest BCUT2D eigenvalue weighted by molar-refractivity contribution is 0.0523. The van der Waals surface area contributed by atoms with Crippen LogP contribution in [0.3, 0.4) is 0 Å². The summed E-state index contributed by atoms with van der Waals surface area (Å²) in [6.45, 7) is 5.87. The molecule has 4 N–H and O–H groups in total. The molecular formula is C22H26BrN7O2. The smallest absolute Gasteiger partial charge is 0.407 e. The number of benzene rings is 1. The van der Waals surface area contributed by atoms with Crippen LogP contribution in [0.4, 0.5) is 28.1 Å². The van der Waals surface area contributed by atoms with Crippen molar-refractivity contribution in [3.63, 3.8) is 0 Å². The number of hydrogen-bond donors (Lipinski definition) is 4. The van der Waals surface area contributed by atoms with Gasteiger partial charge in [0, 0.05) is 36.1 Å². The van der Waals surface area contributed by atoms with Gasteiger partial charge in [0.2, 0.25) is 5.95 Å². The Kier molecular flexibility index (Phi) is 6.31. The summed E-state index contributed by atoms with van der Waals surface area (Å²) in [6, 6.07) is 9.66. The number of alkyl carbamates (subject to hydrolysis) is 1. The van der Waals surface area contributed by atoms with Gasteiger partial charge in [0.15, 0.2) is 11.6 Å². The summed E-state index contributed by atoms with van der Waals surface area (Å²) >= 11 is 3.48. The van der Waals surface area contributed by atoms with Crippen LogP contribution in [-0.2, 0) is 11.3 Å². The number of nitrogens with one attached hydrogen (secondary N) is 4. The normalized spacial score (nSPS) is 13.5. The molecule has 1 amide bonds. The highest BCUT2D eigenvalue weighted by molar-refractivity contribution is 9.10. The molecule has 1 aromatic carbocycles. The van der Waals surface area contributed by atoms with Crippen molar-refractivity contribution in [2.45, 2.75) is 51.7 Å². The monoisotopic (exact) mass is 499 g/mol. The molecule has 1 aliphatic rings. The second-order valence-electron chi connectivity index (χ2n) is 8.68. The summed E-state index contributed by atoms with van der Waals surface area (Å²) in [4.78, 5) is 20.7. The van der Waals surface area contributed by atoms with E-state index in [9.17, 15) is 4.79 Å². The molecule has 1 saturated carbocycles. The molecule has 1 fully saturated rings. The fourth-order valence-electron chi connectivity index (χ4n) is 2.96. The largest absolute Gasteiger partial charge is 0.444 e. The maximum absolute atomic E-state index is 11.8. The Bertz CT molecular complexity index is 1090. The minimum atomic E-state index is -0.521. The van der Waals surface area contributed by atoms with E-state index in [-0.39, 0.29) is 0 Å². The quantitative estimate of drug-likeness (QED) is 0.346. The number of amides is 1. The Morgan fingerprint density at radius 3 is 2.66 bits per heavy atom. The first-order valence-corrected chi connectivity index (χ1v) is 11.2. The predicted molar refractivity (Wildman–Crippen MR) is 126 cm³/mol. The molecule has 32 heavy (non-hydrogen) atoms. The van der Waals surface area contributed by atoms with Crippen LogP contribution in [-0.4, -0.2) is 31.9 Å². The van der Waals surface area contributed by atoms with Crippen LogP contribution in [0.25, 0.3) is 0 Å². The van der Waals surface area contributed by atoms with Gasteiger partial charge in [-0.3, -0.25) is 5.10 Å². The number of nitrogens with zero attached hydrogens (tertiary/aromatic N) is 3. The molecule has 2 aromatic heterocycles. The van der Waals surface area contributed by atoms with Gasteiger partial charge in [-0.25, -0.2) is 9.78 Å².